The van der Waals surface area contributed by atoms with Crippen molar-refractivity contribution in [3.63, 3.8) is 0 Å². The molecule has 2 atom stereocenters. The van der Waals surface area contributed by atoms with Crippen LogP contribution in [0.1, 0.15) is 22.0 Å². The van der Waals surface area contributed by atoms with Gasteiger partial charge in [0.05, 0.1) is 11.0 Å². The summed E-state index contributed by atoms with van der Waals surface area (Å²) in [6, 6.07) is 2.86. The van der Waals surface area contributed by atoms with E-state index in [0.717, 1.165) is 5.56 Å². The number of methoxy groups -OCH3 is 1. The Labute approximate surface area is 113 Å². The maximum absolute atomic E-state index is 13.6. The highest BCUT2D eigenvalue weighted by molar-refractivity contribution is 14.1. The van der Waals surface area contributed by atoms with Crippen molar-refractivity contribution >= 4 is 34.2 Å². The lowest BCUT2D eigenvalue weighted by atomic mass is 10.0. The normalized spacial score (nSPS) is 21.9. The van der Waals surface area contributed by atoms with Gasteiger partial charge in [0.25, 0.3) is 0 Å². The molecule has 1 aromatic rings. The number of nitrogens with one attached hydrogen (secondary N) is 1. The zero-order chi connectivity index (χ0) is 12.6. The molecule has 0 fully saturated rings. The Morgan fingerprint density at radius 3 is 2.88 bits per heavy atom. The van der Waals surface area contributed by atoms with Gasteiger partial charge >= 0.3 is 5.97 Å². The van der Waals surface area contributed by atoms with Crippen LogP contribution in [-0.4, -0.2) is 19.1 Å². The fourth-order valence-electron chi connectivity index (χ4n) is 1.99. The molecule has 1 aliphatic heterocycles. The van der Waals surface area contributed by atoms with Gasteiger partial charge in [-0.2, -0.15) is 0 Å². The van der Waals surface area contributed by atoms with Crippen molar-refractivity contribution in [2.45, 2.75) is 23.3 Å². The fraction of sp³-hybridized carbons (Fsp3) is 0.417. The van der Waals surface area contributed by atoms with Crippen LogP contribution in [0.5, 0.6) is 0 Å². The summed E-state index contributed by atoms with van der Waals surface area (Å²) in [4.78, 5) is 11.5. The van der Waals surface area contributed by atoms with Crippen LogP contribution in [-0.2, 0) is 16.0 Å². The summed E-state index contributed by atoms with van der Waals surface area (Å²) in [5, 5.41) is 3.01. The largest absolute Gasteiger partial charge is 0.467 e. The number of ether oxygens (including phenoxy) is 1. The molecular weight excluding hydrogens is 336 g/mol. The molecule has 0 saturated carbocycles. The summed E-state index contributed by atoms with van der Waals surface area (Å²) in [5.41, 5.74) is 2.34. The zero-order valence-corrected chi connectivity index (χ0v) is 11.7. The molecule has 92 valence electrons. The third kappa shape index (κ3) is 2.12. The fourth-order valence-corrected chi connectivity index (χ4v) is 2.98. The number of rotatable bonds is 2. The van der Waals surface area contributed by atoms with Crippen LogP contribution in [0.15, 0.2) is 12.1 Å². The second-order valence-corrected chi connectivity index (χ2v) is 5.27. The van der Waals surface area contributed by atoms with Crippen molar-refractivity contribution < 1.29 is 13.9 Å². The van der Waals surface area contributed by atoms with Gasteiger partial charge in [-0.05, 0) is 29.7 Å². The first-order valence-corrected chi connectivity index (χ1v) is 6.63. The molecule has 0 aliphatic carbocycles. The highest BCUT2D eigenvalue weighted by Crippen LogP contribution is 2.42. The molecule has 0 aromatic heterocycles. The van der Waals surface area contributed by atoms with Gasteiger partial charge < -0.3 is 10.1 Å². The molecule has 2 rings (SSSR count). The molecule has 17 heavy (non-hydrogen) atoms. The first-order chi connectivity index (χ1) is 8.08. The second-order valence-electron chi connectivity index (χ2n) is 3.93. The lowest BCUT2D eigenvalue weighted by molar-refractivity contribution is -0.141. The molecule has 1 heterocycles. The predicted octanol–water partition coefficient (Wildman–Crippen LogP) is 2.83. The van der Waals surface area contributed by atoms with Gasteiger partial charge in [0, 0.05) is 5.69 Å². The molecule has 5 heteroatoms. The first-order valence-electron chi connectivity index (χ1n) is 5.39. The lowest BCUT2D eigenvalue weighted by Crippen LogP contribution is -2.29. The average molecular weight is 349 g/mol. The van der Waals surface area contributed by atoms with Crippen molar-refractivity contribution in [1.29, 1.82) is 0 Å². The Balaban J connectivity index is 2.38. The van der Waals surface area contributed by atoms with Crippen molar-refractivity contribution in [2.24, 2.45) is 0 Å². The van der Waals surface area contributed by atoms with E-state index in [4.69, 9.17) is 4.74 Å². The maximum Gasteiger partial charge on any atom is 0.329 e. The summed E-state index contributed by atoms with van der Waals surface area (Å²) < 4.78 is 18.3. The van der Waals surface area contributed by atoms with Crippen LogP contribution in [0.25, 0.3) is 0 Å². The van der Waals surface area contributed by atoms with E-state index >= 15 is 0 Å². The van der Waals surface area contributed by atoms with Crippen molar-refractivity contribution in [3.8, 4) is 0 Å². The van der Waals surface area contributed by atoms with Crippen LogP contribution < -0.4 is 5.32 Å². The quantitative estimate of drug-likeness (QED) is 0.507. The molecule has 0 saturated heterocycles. The van der Waals surface area contributed by atoms with Gasteiger partial charge in [0.1, 0.15) is 11.9 Å². The van der Waals surface area contributed by atoms with Gasteiger partial charge in [0.2, 0.25) is 0 Å². The van der Waals surface area contributed by atoms with E-state index in [9.17, 15) is 9.18 Å². The third-order valence-electron chi connectivity index (χ3n) is 2.96. The minimum Gasteiger partial charge on any atom is -0.467 e. The maximum atomic E-state index is 13.6. The molecule has 0 amide bonds. The number of alkyl halides is 1. The molecule has 0 radical (unpaired) electrons. The van der Waals surface area contributed by atoms with Crippen LogP contribution in [0.4, 0.5) is 10.1 Å². The number of hydrogen-bond acceptors (Lipinski definition) is 3. The molecule has 1 aromatic carbocycles. The van der Waals surface area contributed by atoms with E-state index < -0.39 is 6.04 Å². The van der Waals surface area contributed by atoms with Gasteiger partial charge in [-0.3, -0.25) is 0 Å². The smallest absolute Gasteiger partial charge is 0.329 e. The van der Waals surface area contributed by atoms with Crippen molar-refractivity contribution in [2.75, 3.05) is 12.4 Å². The molecule has 1 N–H and O–H groups in total. The number of esters is 1. The SMILES string of the molecule is CCc1cc2c(cc1F)NC(C(=O)OC)C2I. The van der Waals surface area contributed by atoms with E-state index in [-0.39, 0.29) is 15.7 Å². The van der Waals surface area contributed by atoms with Gasteiger partial charge in [0.15, 0.2) is 0 Å². The number of benzene rings is 1. The standard InChI is InChI=1S/C12H13FINO2/c1-3-6-4-7-9(5-8(6)13)15-11(10(7)14)12(16)17-2/h4-5,10-11,15H,3H2,1-2H3. The Kier molecular flexibility index (Phi) is 3.56. The van der Waals surface area contributed by atoms with Crippen LogP contribution in [0, 0.1) is 5.82 Å². The highest BCUT2D eigenvalue weighted by Gasteiger charge is 2.36. The number of halogens is 2. The second kappa shape index (κ2) is 4.80. The zero-order valence-electron chi connectivity index (χ0n) is 9.59. The van der Waals surface area contributed by atoms with Crippen molar-refractivity contribution in [3.05, 3.63) is 29.1 Å². The van der Waals surface area contributed by atoms with E-state index in [1.807, 2.05) is 13.0 Å². The topological polar surface area (TPSA) is 38.3 Å². The van der Waals surface area contributed by atoms with E-state index in [0.29, 0.717) is 17.7 Å². The predicted molar refractivity (Wildman–Crippen MR) is 72.0 cm³/mol. The molecule has 2 unspecified atom stereocenters. The molecule has 0 spiro atoms. The Bertz CT molecular complexity index is 464. The minimum atomic E-state index is -0.429. The highest BCUT2D eigenvalue weighted by atomic mass is 127. The third-order valence-corrected chi connectivity index (χ3v) is 4.35. The number of hydrogen-bond donors (Lipinski definition) is 1. The van der Waals surface area contributed by atoms with Crippen LogP contribution in [0.3, 0.4) is 0 Å². The Hall–Kier alpha value is -0.850. The molecular formula is C12H13FINO2. The first kappa shape index (κ1) is 12.6. The number of aryl methyl sites for hydroxylation is 1. The summed E-state index contributed by atoms with van der Waals surface area (Å²) in [7, 11) is 1.36. The summed E-state index contributed by atoms with van der Waals surface area (Å²) in [5.74, 6) is -0.549. The van der Waals surface area contributed by atoms with E-state index in [1.165, 1.54) is 13.2 Å². The number of anilines is 1. The van der Waals surface area contributed by atoms with Gasteiger partial charge in [-0.1, -0.05) is 29.5 Å². The number of carbonyl (C=O) groups is 1. The van der Waals surface area contributed by atoms with Crippen molar-refractivity contribution in [1.82, 2.24) is 0 Å². The Morgan fingerprint density at radius 2 is 2.29 bits per heavy atom. The summed E-state index contributed by atoms with van der Waals surface area (Å²) in [6.07, 6.45) is 0.644. The molecule has 3 nitrogen and oxygen atoms in total. The number of fused-ring (bicyclic) bond motifs is 1. The minimum absolute atomic E-state index is 0.0269. The average Bonchev–Trinajstić information content (AvgIpc) is 2.64. The van der Waals surface area contributed by atoms with Crippen LogP contribution >= 0.6 is 22.6 Å². The van der Waals surface area contributed by atoms with Gasteiger partial charge in [-0.15, -0.1) is 0 Å². The monoisotopic (exact) mass is 349 g/mol. The Morgan fingerprint density at radius 1 is 1.59 bits per heavy atom. The lowest BCUT2D eigenvalue weighted by Gasteiger charge is -2.11. The molecule has 0 bridgehead atoms. The van der Waals surface area contributed by atoms with Gasteiger partial charge in [-0.25, -0.2) is 9.18 Å². The van der Waals surface area contributed by atoms with Crippen LogP contribution in [0.2, 0.25) is 0 Å². The molecule has 1 aliphatic rings. The van der Waals surface area contributed by atoms with E-state index in [1.54, 1.807) is 0 Å². The summed E-state index contributed by atoms with van der Waals surface area (Å²) >= 11 is 2.18. The summed E-state index contributed by atoms with van der Waals surface area (Å²) in [6.45, 7) is 1.91. The van der Waals surface area contributed by atoms with E-state index in [2.05, 4.69) is 27.9 Å². The number of carbonyl (C=O) groups excluding carboxylic acids is 1.